The summed E-state index contributed by atoms with van der Waals surface area (Å²) in [6.07, 6.45) is 1.67. The second-order valence-electron chi connectivity index (χ2n) is 3.88. The molecule has 1 aromatic heterocycles. The van der Waals surface area contributed by atoms with E-state index in [2.05, 4.69) is 11.1 Å². The zero-order valence-corrected chi connectivity index (χ0v) is 11.5. The summed E-state index contributed by atoms with van der Waals surface area (Å²) in [7, 11) is -0.867. The third-order valence-corrected chi connectivity index (χ3v) is 3.70. The first-order chi connectivity index (χ1) is 8.67. The van der Waals surface area contributed by atoms with Crippen LogP contribution in [0.15, 0.2) is 18.2 Å². The van der Waals surface area contributed by atoms with Crippen LogP contribution in [0.25, 0.3) is 11.0 Å². The van der Waals surface area contributed by atoms with E-state index >= 15 is 0 Å². The first kappa shape index (κ1) is 13.1. The molecule has 0 aliphatic carbocycles. The summed E-state index contributed by atoms with van der Waals surface area (Å²) in [4.78, 5) is 4.39. The Morgan fingerprint density at radius 2 is 2.33 bits per heavy atom. The van der Waals surface area contributed by atoms with Crippen LogP contribution in [0.4, 0.5) is 0 Å². The summed E-state index contributed by atoms with van der Waals surface area (Å²) < 4.78 is 13.1. The highest BCUT2D eigenvalue weighted by atomic mass is 35.5. The third-order valence-electron chi connectivity index (χ3n) is 2.70. The van der Waals surface area contributed by atoms with Crippen molar-refractivity contribution < 1.29 is 4.21 Å². The van der Waals surface area contributed by atoms with Gasteiger partial charge in [0.25, 0.3) is 0 Å². The topological polar surface area (TPSA) is 58.7 Å². The zero-order chi connectivity index (χ0) is 13.1. The number of halogens is 1. The van der Waals surface area contributed by atoms with Crippen molar-refractivity contribution in [3.05, 3.63) is 29.6 Å². The van der Waals surface area contributed by atoms with Crippen LogP contribution in [0.5, 0.6) is 0 Å². The van der Waals surface area contributed by atoms with Gasteiger partial charge in [0.05, 0.1) is 17.0 Å². The number of aryl methyl sites for hydroxylation is 1. The van der Waals surface area contributed by atoms with E-state index in [1.54, 1.807) is 12.3 Å². The molecule has 0 saturated heterocycles. The predicted molar refractivity (Wildman–Crippen MR) is 72.9 cm³/mol. The maximum atomic E-state index is 11.2. The van der Waals surface area contributed by atoms with E-state index < -0.39 is 10.8 Å². The van der Waals surface area contributed by atoms with Crippen LogP contribution in [-0.4, -0.2) is 25.8 Å². The molecule has 6 heteroatoms. The highest BCUT2D eigenvalue weighted by Gasteiger charge is 2.12. The maximum absolute atomic E-state index is 11.2. The fourth-order valence-electron chi connectivity index (χ4n) is 1.86. The number of para-hydroxylation sites is 1. The molecule has 1 unspecified atom stereocenters. The van der Waals surface area contributed by atoms with Crippen molar-refractivity contribution in [1.29, 1.82) is 5.26 Å². The van der Waals surface area contributed by atoms with Gasteiger partial charge in [-0.1, -0.05) is 6.07 Å². The summed E-state index contributed by atoms with van der Waals surface area (Å²) in [5.41, 5.74) is 2.07. The number of rotatable bonds is 4. The molecule has 0 amide bonds. The van der Waals surface area contributed by atoms with Crippen molar-refractivity contribution in [1.82, 2.24) is 9.55 Å². The minimum Gasteiger partial charge on any atom is -0.326 e. The fourth-order valence-corrected chi connectivity index (χ4v) is 2.50. The highest BCUT2D eigenvalue weighted by Crippen LogP contribution is 2.20. The lowest BCUT2D eigenvalue weighted by Crippen LogP contribution is -2.09. The minimum atomic E-state index is -0.867. The van der Waals surface area contributed by atoms with E-state index in [4.69, 9.17) is 16.9 Å². The number of hydrogen-bond acceptors (Lipinski definition) is 3. The Labute approximate surface area is 113 Å². The van der Waals surface area contributed by atoms with Gasteiger partial charge >= 0.3 is 0 Å². The van der Waals surface area contributed by atoms with Crippen molar-refractivity contribution in [2.75, 3.05) is 12.0 Å². The summed E-state index contributed by atoms with van der Waals surface area (Å²) in [5.74, 6) is 1.53. The van der Waals surface area contributed by atoms with Crippen LogP contribution in [0, 0.1) is 11.3 Å². The van der Waals surface area contributed by atoms with Gasteiger partial charge in [-0.25, -0.2) is 4.98 Å². The zero-order valence-electron chi connectivity index (χ0n) is 9.89. The lowest BCUT2D eigenvalue weighted by atomic mass is 10.2. The standard InChI is InChI=1S/C12H12ClN3OS/c1-18(17)6-5-16-10-4-2-3-9(8-14)12(10)15-11(16)7-13/h2-4H,5-7H2,1H3. The number of nitrogens with zero attached hydrogens (tertiary/aromatic N) is 3. The lowest BCUT2D eigenvalue weighted by molar-refractivity contribution is 0.676. The van der Waals surface area contributed by atoms with E-state index in [1.165, 1.54) is 0 Å². The molecule has 0 aliphatic heterocycles. The Kier molecular flexibility index (Phi) is 4.00. The molecule has 94 valence electrons. The first-order valence-corrected chi connectivity index (χ1v) is 7.67. The molecule has 2 aromatic rings. The molecule has 0 bridgehead atoms. The molecule has 18 heavy (non-hydrogen) atoms. The van der Waals surface area contributed by atoms with Crippen LogP contribution in [-0.2, 0) is 23.2 Å². The third kappa shape index (κ3) is 2.40. The van der Waals surface area contributed by atoms with Gasteiger partial charge in [-0.2, -0.15) is 5.26 Å². The van der Waals surface area contributed by atoms with E-state index in [0.29, 0.717) is 29.2 Å². The molecule has 1 atom stereocenters. The molecular weight excluding hydrogens is 270 g/mol. The quantitative estimate of drug-likeness (QED) is 0.806. The van der Waals surface area contributed by atoms with Crippen LogP contribution in [0.2, 0.25) is 0 Å². The Bertz CT molecular complexity index is 645. The monoisotopic (exact) mass is 281 g/mol. The summed E-state index contributed by atoms with van der Waals surface area (Å²) >= 11 is 5.87. The highest BCUT2D eigenvalue weighted by molar-refractivity contribution is 7.84. The average Bonchev–Trinajstić information content (AvgIpc) is 2.73. The Morgan fingerprint density at radius 1 is 1.56 bits per heavy atom. The van der Waals surface area contributed by atoms with E-state index in [1.807, 2.05) is 16.7 Å². The van der Waals surface area contributed by atoms with Crippen LogP contribution in [0.3, 0.4) is 0 Å². The van der Waals surface area contributed by atoms with Gasteiger partial charge in [0.2, 0.25) is 0 Å². The van der Waals surface area contributed by atoms with Crippen LogP contribution < -0.4 is 0 Å². The second-order valence-corrected chi connectivity index (χ2v) is 5.70. The van der Waals surface area contributed by atoms with Crippen LogP contribution >= 0.6 is 11.6 Å². The largest absolute Gasteiger partial charge is 0.326 e. The molecule has 0 N–H and O–H groups in total. The molecule has 0 radical (unpaired) electrons. The Hall–Kier alpha value is -1.38. The Balaban J connectivity index is 2.56. The molecular formula is C12H12ClN3OS. The predicted octanol–water partition coefficient (Wildman–Crippen LogP) is 2.03. The van der Waals surface area contributed by atoms with Gasteiger partial charge in [0, 0.05) is 29.4 Å². The van der Waals surface area contributed by atoms with E-state index in [-0.39, 0.29) is 5.88 Å². The van der Waals surface area contributed by atoms with Crippen molar-refractivity contribution >= 4 is 33.4 Å². The molecule has 4 nitrogen and oxygen atoms in total. The summed E-state index contributed by atoms with van der Waals surface area (Å²) in [5, 5.41) is 9.05. The smallest absolute Gasteiger partial charge is 0.124 e. The van der Waals surface area contributed by atoms with Crippen LogP contribution in [0.1, 0.15) is 11.4 Å². The number of nitriles is 1. The number of benzene rings is 1. The van der Waals surface area contributed by atoms with Crippen molar-refractivity contribution in [2.24, 2.45) is 0 Å². The molecule has 0 spiro atoms. The lowest BCUT2D eigenvalue weighted by Gasteiger charge is -2.06. The van der Waals surface area contributed by atoms with Gasteiger partial charge in [0.15, 0.2) is 0 Å². The molecule has 0 fully saturated rings. The first-order valence-electron chi connectivity index (χ1n) is 5.41. The summed E-state index contributed by atoms with van der Waals surface area (Å²) in [6, 6.07) is 7.57. The molecule has 2 rings (SSSR count). The average molecular weight is 282 g/mol. The van der Waals surface area contributed by atoms with E-state index in [0.717, 1.165) is 5.52 Å². The molecule has 0 saturated carbocycles. The van der Waals surface area contributed by atoms with E-state index in [9.17, 15) is 4.21 Å². The van der Waals surface area contributed by atoms with Gasteiger partial charge < -0.3 is 4.57 Å². The summed E-state index contributed by atoms with van der Waals surface area (Å²) in [6.45, 7) is 0.594. The van der Waals surface area contributed by atoms with Gasteiger partial charge in [0.1, 0.15) is 17.4 Å². The maximum Gasteiger partial charge on any atom is 0.124 e. The Morgan fingerprint density at radius 3 is 2.94 bits per heavy atom. The van der Waals surface area contributed by atoms with Crippen molar-refractivity contribution in [3.63, 3.8) is 0 Å². The fraction of sp³-hybridized carbons (Fsp3) is 0.333. The SMILES string of the molecule is CS(=O)CCn1c(CCl)nc2c(C#N)cccc21. The van der Waals surface area contributed by atoms with Crippen molar-refractivity contribution in [2.45, 2.75) is 12.4 Å². The number of fused-ring (bicyclic) bond motifs is 1. The molecule has 1 heterocycles. The van der Waals surface area contributed by atoms with Gasteiger partial charge in [-0.3, -0.25) is 4.21 Å². The number of alkyl halides is 1. The number of aromatic nitrogens is 2. The van der Waals surface area contributed by atoms with Gasteiger partial charge in [-0.15, -0.1) is 11.6 Å². The number of hydrogen-bond donors (Lipinski definition) is 0. The molecule has 1 aromatic carbocycles. The normalized spacial score (nSPS) is 12.5. The molecule has 0 aliphatic rings. The minimum absolute atomic E-state index is 0.274. The second kappa shape index (κ2) is 5.51. The number of imidazole rings is 1. The van der Waals surface area contributed by atoms with Gasteiger partial charge in [-0.05, 0) is 12.1 Å². The van der Waals surface area contributed by atoms with Crippen molar-refractivity contribution in [3.8, 4) is 6.07 Å².